The van der Waals surface area contributed by atoms with Gasteiger partial charge in [-0.05, 0) is 103 Å². The van der Waals surface area contributed by atoms with Gasteiger partial charge in [0.05, 0.1) is 53.0 Å². The summed E-state index contributed by atoms with van der Waals surface area (Å²) in [5, 5.41) is 39.9. The highest BCUT2D eigenvalue weighted by Crippen LogP contribution is 2.34. The molecule has 65 heavy (non-hydrogen) atoms. The fourth-order valence-electron chi connectivity index (χ4n) is 9.33. The van der Waals surface area contributed by atoms with Crippen LogP contribution in [0.15, 0.2) is 73.1 Å². The number of nitrogens with zero attached hydrogens (tertiary/aromatic N) is 11. The lowest BCUT2D eigenvalue weighted by Crippen LogP contribution is -2.38. The molecule has 0 aliphatic carbocycles. The second kappa shape index (κ2) is 19.8. The third-order valence-electron chi connectivity index (χ3n) is 12.8. The second-order valence-electron chi connectivity index (χ2n) is 17.7. The zero-order valence-corrected chi connectivity index (χ0v) is 37.4. The number of carboxylic acids is 1. The standard InChI is InChI=1S/C24H27N7O.C17H22N6.C8H8O2/c1-16-14-31-22(27-23(16)29-10-8-17(13-25)15-29)12-20(28-31)21-7-2-3-9-30(21)24(32)18-5-4-6-19(26)11-18;1-12-10-23-16(8-15(21-23)14-4-2-3-6-19-14)20-17(12)22-7-5-13(9-18)11-22;1-6-3-2-4-7(5-6)8(9)10/h4-6,11-12,14,17,21H,2-3,7-10,15,26H2,1H3;8,10,13-14,19H,2-7,11H2,1H3;2-5H,1H3,(H,9,10)/t17-,21+;13-,14+;/m11./s1. The molecule has 1 amide bonds. The van der Waals surface area contributed by atoms with E-state index in [2.05, 4.69) is 46.4 Å². The number of nitriles is 2. The number of carbonyl (C=O) groups is 2. The Bertz CT molecular complexity index is 2760. The summed E-state index contributed by atoms with van der Waals surface area (Å²) in [5.41, 5.74) is 14.2. The number of piperidine rings is 2. The average Bonchev–Trinajstić information content (AvgIpc) is 4.16. The molecule has 4 aromatic heterocycles. The van der Waals surface area contributed by atoms with E-state index in [1.54, 1.807) is 30.3 Å². The van der Waals surface area contributed by atoms with Crippen LogP contribution in [0.25, 0.3) is 11.3 Å². The van der Waals surface area contributed by atoms with Gasteiger partial charge in [0.1, 0.15) is 11.6 Å². The minimum atomic E-state index is -0.872. The van der Waals surface area contributed by atoms with Crippen molar-refractivity contribution in [2.45, 2.75) is 84.2 Å². The number of nitrogens with two attached hydrogens (primary N) is 1. The van der Waals surface area contributed by atoms with Crippen molar-refractivity contribution in [3.63, 3.8) is 0 Å². The molecular formula is C49H57N13O3. The molecule has 4 aliphatic rings. The molecule has 16 heteroatoms. The van der Waals surface area contributed by atoms with Crippen molar-refractivity contribution >= 4 is 40.5 Å². The molecule has 0 spiro atoms. The van der Waals surface area contributed by atoms with E-state index in [0.717, 1.165) is 116 Å². The Kier molecular flexibility index (Phi) is 13.6. The van der Waals surface area contributed by atoms with Crippen molar-refractivity contribution < 1.29 is 14.7 Å². The van der Waals surface area contributed by atoms with E-state index >= 15 is 0 Å². The zero-order chi connectivity index (χ0) is 45.6. The Morgan fingerprint density at radius 1 is 0.723 bits per heavy atom. The number of nitrogen functional groups attached to an aromatic ring is 1. The number of amides is 1. The van der Waals surface area contributed by atoms with Crippen molar-refractivity contribution in [2.75, 3.05) is 54.8 Å². The number of hydrogen-bond donors (Lipinski definition) is 3. The summed E-state index contributed by atoms with van der Waals surface area (Å²) in [7, 11) is 0. The maximum absolute atomic E-state index is 13.3. The van der Waals surface area contributed by atoms with Gasteiger partial charge in [-0.15, -0.1) is 0 Å². The fraction of sp³-hybridized carbons (Fsp3) is 0.429. The van der Waals surface area contributed by atoms with Gasteiger partial charge in [0.15, 0.2) is 11.3 Å². The quantitative estimate of drug-likeness (QED) is 0.141. The number of likely N-dealkylation sites (tertiary alicyclic amines) is 1. The van der Waals surface area contributed by atoms with E-state index in [1.807, 2.05) is 58.2 Å². The number of benzene rings is 2. The SMILES string of the molecule is Cc1cccc(C(=O)O)c1.Cc1cn2nc([C@@H]3CCCCN3)cc2nc1N1CC[C@H](C#N)C1.Cc1cn2nc([C@@H]3CCCCN3C(=O)c3cccc(N)c3)cc2nc1N1CC[C@H](C#N)C1. The highest BCUT2D eigenvalue weighted by atomic mass is 16.4. The van der Waals surface area contributed by atoms with Gasteiger partial charge in [0.2, 0.25) is 0 Å². The van der Waals surface area contributed by atoms with Crippen LogP contribution < -0.4 is 20.9 Å². The third kappa shape index (κ3) is 10.2. The van der Waals surface area contributed by atoms with Crippen molar-refractivity contribution in [1.82, 2.24) is 39.4 Å². The van der Waals surface area contributed by atoms with Gasteiger partial charge in [-0.25, -0.2) is 23.8 Å². The van der Waals surface area contributed by atoms with Gasteiger partial charge in [0, 0.05) is 79.6 Å². The third-order valence-corrected chi connectivity index (χ3v) is 12.8. The average molecular weight is 876 g/mol. The Balaban J connectivity index is 0.000000151. The topological polar surface area (TPSA) is 210 Å². The number of hydrogen-bond acceptors (Lipinski definition) is 12. The predicted molar refractivity (Wildman–Crippen MR) is 249 cm³/mol. The van der Waals surface area contributed by atoms with Crippen LogP contribution in [0.4, 0.5) is 17.3 Å². The molecule has 4 fully saturated rings. The van der Waals surface area contributed by atoms with Crippen LogP contribution in [0.2, 0.25) is 0 Å². The number of anilines is 3. The van der Waals surface area contributed by atoms with E-state index in [9.17, 15) is 14.9 Å². The lowest BCUT2D eigenvalue weighted by Gasteiger charge is -2.34. The van der Waals surface area contributed by atoms with E-state index < -0.39 is 5.97 Å². The van der Waals surface area contributed by atoms with Crippen LogP contribution in [-0.2, 0) is 0 Å². The monoisotopic (exact) mass is 875 g/mol. The molecule has 2 aromatic carbocycles. The molecule has 4 saturated heterocycles. The number of nitrogens with one attached hydrogen (secondary N) is 1. The Hall–Kier alpha value is -7.04. The molecule has 4 aliphatic heterocycles. The summed E-state index contributed by atoms with van der Waals surface area (Å²) in [4.78, 5) is 39.7. The molecule has 0 saturated carbocycles. The molecule has 4 N–H and O–H groups in total. The number of carbonyl (C=O) groups excluding carboxylic acids is 1. The van der Waals surface area contributed by atoms with E-state index in [0.29, 0.717) is 35.9 Å². The highest BCUT2D eigenvalue weighted by Gasteiger charge is 2.32. The largest absolute Gasteiger partial charge is 0.478 e. The van der Waals surface area contributed by atoms with Crippen LogP contribution in [0.1, 0.15) is 112 Å². The predicted octanol–water partition coefficient (Wildman–Crippen LogP) is 7.23. The van der Waals surface area contributed by atoms with Gasteiger partial charge in [0.25, 0.3) is 5.91 Å². The number of carboxylic acid groups (broad SMARTS) is 1. The fourth-order valence-corrected chi connectivity index (χ4v) is 9.33. The number of fused-ring (bicyclic) bond motifs is 2. The number of aromatic nitrogens is 6. The first-order chi connectivity index (χ1) is 31.5. The summed E-state index contributed by atoms with van der Waals surface area (Å²) in [5.74, 6) is 1.21. The minimum absolute atomic E-state index is 0.0107. The van der Waals surface area contributed by atoms with Crippen LogP contribution in [0.5, 0.6) is 0 Å². The van der Waals surface area contributed by atoms with E-state index in [4.69, 9.17) is 36.3 Å². The number of rotatable bonds is 6. The summed E-state index contributed by atoms with van der Waals surface area (Å²) in [6.45, 7) is 11.0. The number of aryl methyl sites for hydroxylation is 3. The van der Waals surface area contributed by atoms with Crippen molar-refractivity contribution in [3.8, 4) is 12.1 Å². The molecule has 336 valence electrons. The van der Waals surface area contributed by atoms with Crippen LogP contribution in [0, 0.1) is 55.3 Å². The molecule has 16 nitrogen and oxygen atoms in total. The van der Waals surface area contributed by atoms with Gasteiger partial charge in [-0.1, -0.05) is 30.2 Å². The van der Waals surface area contributed by atoms with Gasteiger partial charge in [-0.2, -0.15) is 20.7 Å². The minimum Gasteiger partial charge on any atom is -0.478 e. The van der Waals surface area contributed by atoms with Crippen molar-refractivity contribution in [3.05, 3.63) is 112 Å². The van der Waals surface area contributed by atoms with Crippen LogP contribution >= 0.6 is 0 Å². The second-order valence-corrected chi connectivity index (χ2v) is 17.7. The van der Waals surface area contributed by atoms with Gasteiger partial charge < -0.3 is 30.9 Å². The first-order valence-electron chi connectivity index (χ1n) is 22.7. The summed E-state index contributed by atoms with van der Waals surface area (Å²) >= 11 is 0. The van der Waals surface area contributed by atoms with Gasteiger partial charge >= 0.3 is 5.97 Å². The highest BCUT2D eigenvalue weighted by molar-refractivity contribution is 5.95. The molecule has 0 unspecified atom stereocenters. The molecule has 8 heterocycles. The molecule has 0 bridgehead atoms. The van der Waals surface area contributed by atoms with Crippen LogP contribution in [0.3, 0.4) is 0 Å². The van der Waals surface area contributed by atoms with E-state index in [1.165, 1.54) is 12.8 Å². The molecular weight excluding hydrogens is 819 g/mol. The summed E-state index contributed by atoms with van der Waals surface area (Å²) in [6, 6.07) is 23.1. The van der Waals surface area contributed by atoms with Gasteiger partial charge in [-0.3, -0.25) is 4.79 Å². The molecule has 6 aromatic rings. The van der Waals surface area contributed by atoms with Crippen LogP contribution in [-0.4, -0.2) is 90.3 Å². The zero-order valence-electron chi connectivity index (χ0n) is 37.4. The number of aromatic carboxylic acids is 1. The Labute approximate surface area is 379 Å². The first-order valence-corrected chi connectivity index (χ1v) is 22.7. The Morgan fingerprint density at radius 3 is 1.88 bits per heavy atom. The first kappa shape index (κ1) is 44.6. The van der Waals surface area contributed by atoms with Crippen molar-refractivity contribution in [2.24, 2.45) is 11.8 Å². The Morgan fingerprint density at radius 2 is 1.32 bits per heavy atom. The maximum atomic E-state index is 13.3. The lowest BCUT2D eigenvalue weighted by atomic mass is 9.98. The van der Waals surface area contributed by atoms with Crippen molar-refractivity contribution in [1.29, 1.82) is 10.5 Å². The summed E-state index contributed by atoms with van der Waals surface area (Å²) < 4.78 is 3.70. The normalized spacial score (nSPS) is 20.7. The lowest BCUT2D eigenvalue weighted by molar-refractivity contribution is 0.0605. The van der Waals surface area contributed by atoms with E-state index in [-0.39, 0.29) is 23.8 Å². The smallest absolute Gasteiger partial charge is 0.335 e. The summed E-state index contributed by atoms with van der Waals surface area (Å²) in [6.07, 6.45) is 12.4. The molecule has 4 atom stereocenters. The molecule has 10 rings (SSSR count). The molecule has 0 radical (unpaired) electrons. The maximum Gasteiger partial charge on any atom is 0.335 e.